The second-order valence-electron chi connectivity index (χ2n) is 6.27. The molecule has 8 heteroatoms. The summed E-state index contributed by atoms with van der Waals surface area (Å²) in [6.45, 7) is 2.14. The lowest BCUT2D eigenvalue weighted by Gasteiger charge is -2.30. The highest BCUT2D eigenvalue weighted by molar-refractivity contribution is 7.91. The summed E-state index contributed by atoms with van der Waals surface area (Å²) in [7, 11) is -3.67. The fourth-order valence-corrected chi connectivity index (χ4v) is 4.47. The zero-order valence-corrected chi connectivity index (χ0v) is 15.4. The van der Waals surface area contributed by atoms with Crippen LogP contribution < -0.4 is 15.0 Å². The normalized spacial score (nSPS) is 16.1. The average molecular weight is 385 g/mol. The number of nitrogens with zero attached hydrogens (tertiary/aromatic N) is 2. The van der Waals surface area contributed by atoms with Crippen molar-refractivity contribution < 1.29 is 17.9 Å². The number of amides is 1. The Hall–Kier alpha value is -2.87. The first-order valence-electron chi connectivity index (χ1n) is 8.70. The van der Waals surface area contributed by atoms with E-state index in [1.165, 1.54) is 12.1 Å². The van der Waals surface area contributed by atoms with Crippen molar-refractivity contribution in [1.82, 2.24) is 5.32 Å². The molecular weight excluding hydrogens is 366 g/mol. The van der Waals surface area contributed by atoms with Crippen LogP contribution in [0.4, 0.5) is 5.69 Å². The second kappa shape index (κ2) is 7.03. The van der Waals surface area contributed by atoms with Crippen LogP contribution in [-0.2, 0) is 14.6 Å². The lowest BCUT2D eigenvalue weighted by molar-refractivity contribution is -0.117. The van der Waals surface area contributed by atoms with Crippen LogP contribution in [0, 0.1) is 0 Å². The van der Waals surface area contributed by atoms with Crippen LogP contribution in [0.15, 0.2) is 63.3 Å². The summed E-state index contributed by atoms with van der Waals surface area (Å²) in [5.74, 6) is 1.03. The number of carbonyl (C=O) groups is 1. The van der Waals surface area contributed by atoms with Crippen LogP contribution in [-0.4, -0.2) is 46.4 Å². The molecule has 1 N–H and O–H groups in total. The third-order valence-electron chi connectivity index (χ3n) is 4.52. The minimum atomic E-state index is -3.67. The minimum Gasteiger partial charge on any atom is -0.490 e. The van der Waals surface area contributed by atoms with Crippen molar-refractivity contribution in [2.45, 2.75) is 16.2 Å². The Balaban J connectivity index is 1.68. The van der Waals surface area contributed by atoms with Gasteiger partial charge in [0.2, 0.25) is 15.7 Å². The number of amidine groups is 1. The fourth-order valence-electron chi connectivity index (χ4n) is 3.16. The van der Waals surface area contributed by atoms with Crippen molar-refractivity contribution >= 4 is 27.3 Å². The molecule has 0 fully saturated rings. The van der Waals surface area contributed by atoms with Gasteiger partial charge in [-0.05, 0) is 30.3 Å². The molecule has 0 atom stereocenters. The quantitative estimate of drug-likeness (QED) is 0.864. The first-order chi connectivity index (χ1) is 13.1. The molecule has 0 unspecified atom stereocenters. The van der Waals surface area contributed by atoms with Gasteiger partial charge in [0.05, 0.1) is 35.0 Å². The predicted octanol–water partition coefficient (Wildman–Crippen LogP) is 1.64. The largest absolute Gasteiger partial charge is 0.490 e. The Kier molecular flexibility index (Phi) is 4.57. The molecule has 7 nitrogen and oxygen atoms in total. The van der Waals surface area contributed by atoms with Gasteiger partial charge in [0.15, 0.2) is 0 Å². The molecule has 4 rings (SSSR count). The molecule has 2 heterocycles. The van der Waals surface area contributed by atoms with Gasteiger partial charge in [0.1, 0.15) is 18.2 Å². The number of benzene rings is 2. The molecule has 1 amide bonds. The molecule has 2 aromatic carbocycles. The number of sulfone groups is 1. The molecule has 0 aromatic heterocycles. The lowest BCUT2D eigenvalue weighted by Crippen LogP contribution is -2.40. The van der Waals surface area contributed by atoms with Gasteiger partial charge in [-0.2, -0.15) is 0 Å². The Bertz CT molecular complexity index is 1000. The van der Waals surface area contributed by atoms with Crippen molar-refractivity contribution in [2.75, 3.05) is 31.1 Å². The summed E-state index contributed by atoms with van der Waals surface area (Å²) in [5, 5.41) is 3.08. The topological polar surface area (TPSA) is 88.1 Å². The van der Waals surface area contributed by atoms with Gasteiger partial charge in [-0.1, -0.05) is 18.2 Å². The van der Waals surface area contributed by atoms with E-state index in [0.29, 0.717) is 37.0 Å². The van der Waals surface area contributed by atoms with Crippen LogP contribution in [0.2, 0.25) is 0 Å². The molecule has 0 bridgehead atoms. The molecule has 0 saturated heterocycles. The summed E-state index contributed by atoms with van der Waals surface area (Å²) in [4.78, 5) is 18.9. The van der Waals surface area contributed by atoms with E-state index in [4.69, 9.17) is 4.74 Å². The Morgan fingerprint density at radius 3 is 2.70 bits per heavy atom. The average Bonchev–Trinajstić information content (AvgIpc) is 3.20. The first-order valence-corrected chi connectivity index (χ1v) is 10.2. The number of anilines is 1. The van der Waals surface area contributed by atoms with E-state index in [1.54, 1.807) is 41.3 Å². The maximum absolute atomic E-state index is 12.9. The summed E-state index contributed by atoms with van der Waals surface area (Å²) in [5.41, 5.74) is 0.474. The van der Waals surface area contributed by atoms with Crippen molar-refractivity contribution in [1.29, 1.82) is 0 Å². The van der Waals surface area contributed by atoms with E-state index < -0.39 is 9.84 Å². The van der Waals surface area contributed by atoms with E-state index in [0.717, 1.165) is 6.54 Å². The zero-order valence-electron chi connectivity index (χ0n) is 14.6. The van der Waals surface area contributed by atoms with Gasteiger partial charge in [-0.3, -0.25) is 9.79 Å². The molecule has 0 aliphatic carbocycles. The number of aliphatic imine (C=N–C) groups is 1. The van der Waals surface area contributed by atoms with Gasteiger partial charge in [0, 0.05) is 6.54 Å². The number of carbonyl (C=O) groups excluding carboxylic acids is 1. The highest BCUT2D eigenvalue weighted by atomic mass is 32.2. The number of hydrogen-bond donors (Lipinski definition) is 1. The molecular formula is C19H19N3O4S. The molecule has 27 heavy (non-hydrogen) atoms. The van der Waals surface area contributed by atoms with E-state index >= 15 is 0 Å². The first kappa shape index (κ1) is 17.5. The summed E-state index contributed by atoms with van der Waals surface area (Å²) < 4.78 is 31.4. The molecule has 0 radical (unpaired) electrons. The van der Waals surface area contributed by atoms with Crippen LogP contribution in [0.5, 0.6) is 5.75 Å². The van der Waals surface area contributed by atoms with Crippen LogP contribution in [0.1, 0.15) is 6.42 Å². The van der Waals surface area contributed by atoms with E-state index in [1.807, 2.05) is 0 Å². The predicted molar refractivity (Wildman–Crippen MR) is 101 cm³/mol. The number of ether oxygens (including phenoxy) is 1. The zero-order chi connectivity index (χ0) is 18.9. The van der Waals surface area contributed by atoms with Crippen molar-refractivity contribution in [3.8, 4) is 5.75 Å². The molecule has 140 valence electrons. The lowest BCUT2D eigenvalue weighted by atomic mass is 10.2. The maximum Gasteiger partial charge on any atom is 0.234 e. The van der Waals surface area contributed by atoms with E-state index in [-0.39, 0.29) is 22.1 Å². The SMILES string of the molecule is O=C(CC1=NCCN1)N1CCOc2ccc(S(=O)(=O)c3ccccc3)cc21. The number of fused-ring (bicyclic) bond motifs is 1. The second-order valence-corrected chi connectivity index (χ2v) is 8.22. The number of hydrogen-bond acceptors (Lipinski definition) is 6. The van der Waals surface area contributed by atoms with Crippen LogP contribution in [0.3, 0.4) is 0 Å². The molecule has 0 spiro atoms. The molecule has 2 aliphatic rings. The highest BCUT2D eigenvalue weighted by Gasteiger charge is 2.28. The molecule has 2 aromatic rings. The number of nitrogens with one attached hydrogen (secondary N) is 1. The van der Waals surface area contributed by atoms with Gasteiger partial charge in [-0.25, -0.2) is 8.42 Å². The van der Waals surface area contributed by atoms with Gasteiger partial charge in [0.25, 0.3) is 0 Å². The monoisotopic (exact) mass is 385 g/mol. The Labute approximate surface area is 157 Å². The Morgan fingerprint density at radius 2 is 1.96 bits per heavy atom. The standard InChI is InChI=1S/C19H19N3O4S/c23-19(13-18-20-8-9-21-18)22-10-11-26-17-7-6-15(12-16(17)22)27(24,25)14-4-2-1-3-5-14/h1-7,12H,8-11,13H2,(H,20,21). The fraction of sp³-hybridized carbons (Fsp3) is 0.263. The van der Waals surface area contributed by atoms with E-state index in [2.05, 4.69) is 10.3 Å². The van der Waals surface area contributed by atoms with Crippen LogP contribution >= 0.6 is 0 Å². The third-order valence-corrected chi connectivity index (χ3v) is 6.29. The molecule has 2 aliphatic heterocycles. The van der Waals surface area contributed by atoms with E-state index in [9.17, 15) is 13.2 Å². The smallest absolute Gasteiger partial charge is 0.234 e. The highest BCUT2D eigenvalue weighted by Crippen LogP contribution is 2.35. The summed E-state index contributed by atoms with van der Waals surface area (Å²) in [6, 6.07) is 12.9. The van der Waals surface area contributed by atoms with Gasteiger partial charge in [-0.15, -0.1) is 0 Å². The summed E-state index contributed by atoms with van der Waals surface area (Å²) in [6.07, 6.45) is 0.162. The van der Waals surface area contributed by atoms with Gasteiger partial charge >= 0.3 is 0 Å². The third kappa shape index (κ3) is 3.40. The van der Waals surface area contributed by atoms with Crippen molar-refractivity contribution in [3.05, 3.63) is 48.5 Å². The molecule has 0 saturated carbocycles. The summed E-state index contributed by atoms with van der Waals surface area (Å²) >= 11 is 0. The Morgan fingerprint density at radius 1 is 1.15 bits per heavy atom. The minimum absolute atomic E-state index is 0.132. The number of rotatable bonds is 4. The van der Waals surface area contributed by atoms with Crippen molar-refractivity contribution in [2.24, 2.45) is 4.99 Å². The van der Waals surface area contributed by atoms with Crippen LogP contribution in [0.25, 0.3) is 0 Å². The van der Waals surface area contributed by atoms with Gasteiger partial charge < -0.3 is 15.0 Å². The van der Waals surface area contributed by atoms with Crippen molar-refractivity contribution in [3.63, 3.8) is 0 Å². The maximum atomic E-state index is 12.9.